The maximum Gasteiger partial charge on any atom is 0.191 e. The molecule has 0 bridgehead atoms. The Hall–Kier alpha value is -2.07. The van der Waals surface area contributed by atoms with Gasteiger partial charge in [0.05, 0.1) is 20.8 Å². The molecule has 29 heavy (non-hydrogen) atoms. The van der Waals surface area contributed by atoms with Crippen LogP contribution in [0.1, 0.15) is 16.7 Å². The van der Waals surface area contributed by atoms with Crippen molar-refractivity contribution in [3.8, 4) is 11.5 Å². The first-order valence-corrected chi connectivity index (χ1v) is 9.03. The van der Waals surface area contributed by atoms with Crippen molar-refractivity contribution in [3.63, 3.8) is 0 Å². The second kappa shape index (κ2) is 13.2. The predicted molar refractivity (Wildman–Crippen MR) is 124 cm³/mol. The normalized spacial score (nSPS) is 10.9. The largest absolute Gasteiger partial charge is 0.493 e. The molecule has 0 heterocycles. The highest BCUT2D eigenvalue weighted by Crippen LogP contribution is 2.27. The molecule has 2 N–H and O–H groups in total. The smallest absolute Gasteiger partial charge is 0.191 e. The van der Waals surface area contributed by atoms with Crippen molar-refractivity contribution < 1.29 is 18.6 Å². The number of halogens is 2. The molecule has 2 rings (SSSR count). The van der Waals surface area contributed by atoms with Crippen molar-refractivity contribution in [2.45, 2.75) is 19.6 Å². The van der Waals surface area contributed by atoms with Crippen molar-refractivity contribution in [2.24, 2.45) is 4.99 Å². The van der Waals surface area contributed by atoms with Crippen LogP contribution in [0.2, 0.25) is 0 Å². The fraction of sp³-hybridized carbons (Fsp3) is 0.381. The van der Waals surface area contributed by atoms with E-state index in [9.17, 15) is 4.39 Å². The molecule has 0 aromatic heterocycles. The molecular formula is C21H29FIN3O3. The van der Waals surface area contributed by atoms with Gasteiger partial charge in [0.1, 0.15) is 5.82 Å². The predicted octanol–water partition coefficient (Wildman–Crippen LogP) is 3.52. The van der Waals surface area contributed by atoms with Gasteiger partial charge in [0.15, 0.2) is 17.5 Å². The highest BCUT2D eigenvalue weighted by atomic mass is 127. The van der Waals surface area contributed by atoms with Crippen molar-refractivity contribution >= 4 is 29.9 Å². The van der Waals surface area contributed by atoms with Crippen LogP contribution in [0.3, 0.4) is 0 Å². The maximum atomic E-state index is 13.7. The molecular weight excluding hydrogens is 488 g/mol. The molecule has 0 unspecified atom stereocenters. The van der Waals surface area contributed by atoms with Crippen LogP contribution in [0.15, 0.2) is 41.4 Å². The first-order chi connectivity index (χ1) is 13.6. The minimum absolute atomic E-state index is 0. The second-order valence-electron chi connectivity index (χ2n) is 6.15. The molecule has 0 spiro atoms. The van der Waals surface area contributed by atoms with E-state index in [1.807, 2.05) is 18.2 Å². The summed E-state index contributed by atoms with van der Waals surface area (Å²) < 4.78 is 29.3. The molecule has 160 valence electrons. The molecule has 0 saturated carbocycles. The molecule has 0 aliphatic carbocycles. The summed E-state index contributed by atoms with van der Waals surface area (Å²) in [7, 11) is 6.51. The van der Waals surface area contributed by atoms with Crippen LogP contribution in [0, 0.1) is 5.82 Å². The van der Waals surface area contributed by atoms with Crippen LogP contribution in [0.5, 0.6) is 11.5 Å². The molecule has 8 heteroatoms. The fourth-order valence-corrected chi connectivity index (χ4v) is 2.77. The molecule has 0 aliphatic heterocycles. The van der Waals surface area contributed by atoms with E-state index in [0.717, 1.165) is 17.5 Å². The van der Waals surface area contributed by atoms with Crippen molar-refractivity contribution in [3.05, 3.63) is 58.9 Å². The zero-order valence-corrected chi connectivity index (χ0v) is 19.6. The molecule has 0 atom stereocenters. The SMILES string of the molecule is CN=C(NCCc1ccc(OC)c(OC)c1)NCc1ccc(F)c(COC)c1.I. The van der Waals surface area contributed by atoms with E-state index in [1.165, 1.54) is 6.07 Å². The highest BCUT2D eigenvalue weighted by Gasteiger charge is 2.06. The Morgan fingerprint density at radius 1 is 0.966 bits per heavy atom. The Bertz CT molecular complexity index is 803. The summed E-state index contributed by atoms with van der Waals surface area (Å²) in [6.07, 6.45) is 0.801. The Balaban J connectivity index is 0.00000420. The lowest BCUT2D eigenvalue weighted by molar-refractivity contribution is 0.181. The highest BCUT2D eigenvalue weighted by molar-refractivity contribution is 14.0. The average Bonchev–Trinajstić information content (AvgIpc) is 2.72. The van der Waals surface area contributed by atoms with E-state index in [-0.39, 0.29) is 36.4 Å². The van der Waals surface area contributed by atoms with Gasteiger partial charge in [-0.05, 0) is 41.8 Å². The Labute approximate surface area is 188 Å². The number of nitrogens with one attached hydrogen (secondary N) is 2. The second-order valence-corrected chi connectivity index (χ2v) is 6.15. The van der Waals surface area contributed by atoms with E-state index in [4.69, 9.17) is 14.2 Å². The van der Waals surface area contributed by atoms with E-state index in [1.54, 1.807) is 40.5 Å². The molecule has 0 radical (unpaired) electrons. The minimum atomic E-state index is -0.261. The van der Waals surface area contributed by atoms with Gasteiger partial charge in [0.2, 0.25) is 0 Å². The van der Waals surface area contributed by atoms with Gasteiger partial charge >= 0.3 is 0 Å². The lowest BCUT2D eigenvalue weighted by Crippen LogP contribution is -2.37. The van der Waals surface area contributed by atoms with Crippen molar-refractivity contribution in [2.75, 3.05) is 34.9 Å². The topological polar surface area (TPSA) is 64.1 Å². The molecule has 0 saturated heterocycles. The Morgan fingerprint density at radius 2 is 1.69 bits per heavy atom. The third-order valence-electron chi connectivity index (χ3n) is 4.25. The zero-order chi connectivity index (χ0) is 20.4. The maximum absolute atomic E-state index is 13.7. The van der Waals surface area contributed by atoms with E-state index in [2.05, 4.69) is 15.6 Å². The van der Waals surface area contributed by atoms with Gasteiger partial charge < -0.3 is 24.8 Å². The van der Waals surface area contributed by atoms with E-state index in [0.29, 0.717) is 36.1 Å². The molecule has 0 fully saturated rings. The lowest BCUT2D eigenvalue weighted by Gasteiger charge is -2.13. The van der Waals surface area contributed by atoms with Gasteiger partial charge in [-0.2, -0.15) is 0 Å². The van der Waals surface area contributed by atoms with Gasteiger partial charge in [-0.1, -0.05) is 12.1 Å². The number of hydrogen-bond donors (Lipinski definition) is 2. The van der Waals surface area contributed by atoms with Gasteiger partial charge in [0.25, 0.3) is 0 Å². The summed E-state index contributed by atoms with van der Waals surface area (Å²) in [4.78, 5) is 4.22. The molecule has 0 aliphatic rings. The number of rotatable bonds is 9. The quantitative estimate of drug-likeness (QED) is 0.303. The summed E-state index contributed by atoms with van der Waals surface area (Å²) in [5, 5.41) is 6.51. The van der Waals surface area contributed by atoms with Crippen LogP contribution in [-0.2, 0) is 24.3 Å². The number of hydrogen-bond acceptors (Lipinski definition) is 4. The van der Waals surface area contributed by atoms with Crippen LogP contribution in [-0.4, -0.2) is 40.9 Å². The molecule has 2 aromatic rings. The number of nitrogens with zero attached hydrogens (tertiary/aromatic N) is 1. The summed E-state index contributed by atoms with van der Waals surface area (Å²) in [5.41, 5.74) is 2.62. The monoisotopic (exact) mass is 517 g/mol. The number of guanidine groups is 1. The van der Waals surface area contributed by atoms with Crippen molar-refractivity contribution in [1.29, 1.82) is 0 Å². The standard InChI is InChI=1S/C21H28FN3O3.HI/c1-23-21(25-13-16-5-7-18(22)17(11-16)14-26-2)24-10-9-15-6-8-19(27-3)20(12-15)28-4;/h5-8,11-12H,9-10,13-14H2,1-4H3,(H2,23,24,25);1H. The first-order valence-electron chi connectivity index (χ1n) is 9.03. The van der Waals surface area contributed by atoms with Crippen LogP contribution >= 0.6 is 24.0 Å². The van der Waals surface area contributed by atoms with E-state index >= 15 is 0 Å². The third-order valence-corrected chi connectivity index (χ3v) is 4.25. The van der Waals surface area contributed by atoms with E-state index < -0.39 is 0 Å². The third kappa shape index (κ3) is 7.69. The van der Waals surface area contributed by atoms with Gasteiger partial charge in [-0.15, -0.1) is 24.0 Å². The zero-order valence-electron chi connectivity index (χ0n) is 17.3. The minimum Gasteiger partial charge on any atom is -0.493 e. The number of methoxy groups -OCH3 is 3. The Kier molecular flexibility index (Phi) is 11.4. The summed E-state index contributed by atoms with van der Waals surface area (Å²) in [5.74, 6) is 1.84. The summed E-state index contributed by atoms with van der Waals surface area (Å²) in [6, 6.07) is 10.9. The first kappa shape index (κ1) is 25.0. The molecule has 2 aromatic carbocycles. The number of benzene rings is 2. The van der Waals surface area contributed by atoms with Crippen molar-refractivity contribution in [1.82, 2.24) is 10.6 Å². The van der Waals surface area contributed by atoms with Crippen LogP contribution < -0.4 is 20.1 Å². The number of aliphatic imine (C=N–C) groups is 1. The van der Waals surface area contributed by atoms with Gasteiger partial charge in [0, 0.05) is 32.8 Å². The summed E-state index contributed by atoms with van der Waals surface area (Å²) in [6.45, 7) is 1.48. The van der Waals surface area contributed by atoms with Crippen LogP contribution in [0.25, 0.3) is 0 Å². The fourth-order valence-electron chi connectivity index (χ4n) is 2.77. The Morgan fingerprint density at radius 3 is 2.34 bits per heavy atom. The average molecular weight is 517 g/mol. The summed E-state index contributed by atoms with van der Waals surface area (Å²) >= 11 is 0. The van der Waals surface area contributed by atoms with Gasteiger partial charge in [-0.25, -0.2) is 4.39 Å². The lowest BCUT2D eigenvalue weighted by atomic mass is 10.1. The van der Waals surface area contributed by atoms with Gasteiger partial charge in [-0.3, -0.25) is 4.99 Å². The van der Waals surface area contributed by atoms with Crippen LogP contribution in [0.4, 0.5) is 4.39 Å². The number of ether oxygens (including phenoxy) is 3. The molecule has 0 amide bonds. The molecule has 6 nitrogen and oxygen atoms in total.